The summed E-state index contributed by atoms with van der Waals surface area (Å²) in [5.74, 6) is 1.74. The molecule has 2 atom stereocenters. The van der Waals surface area contributed by atoms with Gasteiger partial charge in [0.15, 0.2) is 6.54 Å². The summed E-state index contributed by atoms with van der Waals surface area (Å²) in [6, 6.07) is 2.39. The number of carbonyl (C=O) groups excluding carboxylic acids is 1. The first-order chi connectivity index (χ1) is 10.2. The highest BCUT2D eigenvalue weighted by Gasteiger charge is 2.24. The Balaban J connectivity index is 1.56. The third-order valence-corrected chi connectivity index (χ3v) is 4.88. The van der Waals surface area contributed by atoms with Gasteiger partial charge >= 0.3 is 0 Å². The minimum absolute atomic E-state index is 0.124. The number of nitrogens with zero attached hydrogens (tertiary/aromatic N) is 2. The van der Waals surface area contributed by atoms with E-state index in [0.29, 0.717) is 12.6 Å². The van der Waals surface area contributed by atoms with E-state index >= 15 is 0 Å². The number of aromatic nitrogens is 2. The molecule has 1 amide bonds. The molecule has 116 valence electrons. The molecule has 21 heavy (non-hydrogen) atoms. The molecule has 1 saturated heterocycles. The largest absolute Gasteiger partial charge is 0.327 e. The monoisotopic (exact) mass is 291 g/mol. The van der Waals surface area contributed by atoms with Gasteiger partial charge < -0.3 is 10.2 Å². The van der Waals surface area contributed by atoms with Crippen LogP contribution in [0.2, 0.25) is 0 Å². The molecule has 2 heterocycles. The quantitative estimate of drug-likeness (QED) is 0.877. The minimum atomic E-state index is 0.124. The summed E-state index contributed by atoms with van der Waals surface area (Å²) in [5, 5.41) is 7.48. The van der Waals surface area contributed by atoms with Crippen LogP contribution in [0.5, 0.6) is 0 Å². The zero-order valence-electron chi connectivity index (χ0n) is 13.0. The van der Waals surface area contributed by atoms with Gasteiger partial charge in [0, 0.05) is 12.0 Å². The fourth-order valence-electron chi connectivity index (χ4n) is 3.83. The van der Waals surface area contributed by atoms with Crippen molar-refractivity contribution in [1.82, 2.24) is 9.78 Å². The maximum atomic E-state index is 12.3. The van der Waals surface area contributed by atoms with E-state index in [1.165, 1.54) is 43.4 Å². The number of hydrogen-bond donors (Lipinski definition) is 2. The number of rotatable bonds is 4. The van der Waals surface area contributed by atoms with Crippen LogP contribution in [0.1, 0.15) is 51.5 Å². The number of carbonyl (C=O) groups is 1. The second kappa shape index (κ2) is 6.60. The fourth-order valence-corrected chi connectivity index (χ4v) is 3.83. The summed E-state index contributed by atoms with van der Waals surface area (Å²) in [5.41, 5.74) is 0. The van der Waals surface area contributed by atoms with Gasteiger partial charge in [-0.15, -0.1) is 0 Å². The van der Waals surface area contributed by atoms with Crippen LogP contribution < -0.4 is 10.2 Å². The molecule has 1 aromatic heterocycles. The van der Waals surface area contributed by atoms with E-state index in [-0.39, 0.29) is 5.91 Å². The number of anilines is 1. The van der Waals surface area contributed by atoms with Crippen LogP contribution >= 0.6 is 0 Å². The molecule has 2 N–H and O–H groups in total. The SMILES string of the molecule is C[C@@H]1CCC[NH+](CC(=O)Nc2ccnn2C2CCCC2)C1. The summed E-state index contributed by atoms with van der Waals surface area (Å²) >= 11 is 0. The van der Waals surface area contributed by atoms with Crippen molar-refractivity contribution in [3.8, 4) is 0 Å². The van der Waals surface area contributed by atoms with Crippen molar-refractivity contribution in [2.75, 3.05) is 25.0 Å². The highest BCUT2D eigenvalue weighted by Crippen LogP contribution is 2.31. The first-order valence-electron chi connectivity index (χ1n) is 8.39. The first kappa shape index (κ1) is 14.6. The molecule has 0 bridgehead atoms. The smallest absolute Gasteiger partial charge is 0.280 e. The fraction of sp³-hybridized carbons (Fsp3) is 0.750. The van der Waals surface area contributed by atoms with Crippen molar-refractivity contribution in [3.63, 3.8) is 0 Å². The van der Waals surface area contributed by atoms with E-state index in [2.05, 4.69) is 17.3 Å². The average Bonchev–Trinajstić information content (AvgIpc) is 3.08. The Labute approximate surface area is 126 Å². The molecule has 1 aliphatic heterocycles. The standard InChI is InChI=1S/C16H26N4O/c1-13-5-4-10-19(11-13)12-16(21)18-15-8-9-17-20(15)14-6-2-3-7-14/h8-9,13-14H,2-7,10-12H2,1H3,(H,18,21)/p+1/t13-/m1/s1. The van der Waals surface area contributed by atoms with Gasteiger partial charge in [0.25, 0.3) is 5.91 Å². The molecule has 1 unspecified atom stereocenters. The van der Waals surface area contributed by atoms with Crippen LogP contribution in [0, 0.1) is 5.92 Å². The molecule has 5 heteroatoms. The highest BCUT2D eigenvalue weighted by molar-refractivity contribution is 5.90. The topological polar surface area (TPSA) is 51.4 Å². The van der Waals surface area contributed by atoms with Crippen molar-refractivity contribution in [2.24, 2.45) is 5.92 Å². The van der Waals surface area contributed by atoms with Gasteiger partial charge in [-0.2, -0.15) is 5.10 Å². The molecule has 0 spiro atoms. The molecule has 1 saturated carbocycles. The molecule has 0 aromatic carbocycles. The normalized spacial score (nSPS) is 26.9. The van der Waals surface area contributed by atoms with Gasteiger partial charge in [-0.05, 0) is 25.7 Å². The van der Waals surface area contributed by atoms with E-state index < -0.39 is 0 Å². The van der Waals surface area contributed by atoms with E-state index in [1.807, 2.05) is 10.7 Å². The Hall–Kier alpha value is -1.36. The number of likely N-dealkylation sites (tertiary alicyclic amines) is 1. The van der Waals surface area contributed by atoms with Gasteiger partial charge in [0.2, 0.25) is 0 Å². The Bertz CT molecular complexity index is 478. The number of nitrogens with one attached hydrogen (secondary N) is 2. The zero-order chi connectivity index (χ0) is 14.7. The Morgan fingerprint density at radius 1 is 1.38 bits per heavy atom. The summed E-state index contributed by atoms with van der Waals surface area (Å²) < 4.78 is 2.01. The van der Waals surface area contributed by atoms with E-state index in [4.69, 9.17) is 0 Å². The molecular weight excluding hydrogens is 264 g/mol. The van der Waals surface area contributed by atoms with Crippen LogP contribution in [0.25, 0.3) is 0 Å². The van der Waals surface area contributed by atoms with Crippen molar-refractivity contribution in [3.05, 3.63) is 12.3 Å². The van der Waals surface area contributed by atoms with E-state index in [0.717, 1.165) is 24.8 Å². The number of amides is 1. The third kappa shape index (κ3) is 3.64. The molecule has 1 aliphatic carbocycles. The summed E-state index contributed by atoms with van der Waals surface area (Å²) in [7, 11) is 0. The highest BCUT2D eigenvalue weighted by atomic mass is 16.2. The number of quaternary nitrogens is 1. The van der Waals surface area contributed by atoms with Crippen LogP contribution in [0.3, 0.4) is 0 Å². The maximum absolute atomic E-state index is 12.3. The first-order valence-corrected chi connectivity index (χ1v) is 8.39. The number of hydrogen-bond acceptors (Lipinski definition) is 2. The van der Waals surface area contributed by atoms with E-state index in [9.17, 15) is 4.79 Å². The predicted molar refractivity (Wildman–Crippen MR) is 82.3 cm³/mol. The van der Waals surface area contributed by atoms with Gasteiger partial charge in [0.1, 0.15) is 5.82 Å². The summed E-state index contributed by atoms with van der Waals surface area (Å²) in [6.45, 7) is 5.11. The molecule has 3 rings (SSSR count). The molecule has 2 aliphatic rings. The van der Waals surface area contributed by atoms with Crippen molar-refractivity contribution < 1.29 is 9.69 Å². The second-order valence-corrected chi connectivity index (χ2v) is 6.78. The third-order valence-electron chi connectivity index (χ3n) is 4.88. The summed E-state index contributed by atoms with van der Waals surface area (Å²) in [4.78, 5) is 13.7. The van der Waals surface area contributed by atoms with Crippen LogP contribution in [0.4, 0.5) is 5.82 Å². The molecule has 5 nitrogen and oxygen atoms in total. The van der Waals surface area contributed by atoms with Crippen molar-refractivity contribution >= 4 is 11.7 Å². The van der Waals surface area contributed by atoms with Crippen LogP contribution in [-0.2, 0) is 4.79 Å². The predicted octanol–water partition coefficient (Wildman–Crippen LogP) is 1.25. The zero-order valence-corrected chi connectivity index (χ0v) is 13.0. The minimum Gasteiger partial charge on any atom is -0.327 e. The van der Waals surface area contributed by atoms with Gasteiger partial charge in [-0.3, -0.25) is 4.79 Å². The van der Waals surface area contributed by atoms with Gasteiger partial charge in [-0.25, -0.2) is 4.68 Å². The Morgan fingerprint density at radius 3 is 2.95 bits per heavy atom. The lowest BCUT2D eigenvalue weighted by molar-refractivity contribution is -0.900. The van der Waals surface area contributed by atoms with Gasteiger partial charge in [0.05, 0.1) is 25.3 Å². The second-order valence-electron chi connectivity index (χ2n) is 6.78. The van der Waals surface area contributed by atoms with Crippen LogP contribution in [0.15, 0.2) is 12.3 Å². The van der Waals surface area contributed by atoms with Gasteiger partial charge in [-0.1, -0.05) is 19.8 Å². The lowest BCUT2D eigenvalue weighted by Gasteiger charge is -2.27. The van der Waals surface area contributed by atoms with Crippen LogP contribution in [-0.4, -0.2) is 35.3 Å². The molecule has 0 radical (unpaired) electrons. The lowest BCUT2D eigenvalue weighted by atomic mass is 10.0. The molecule has 1 aromatic rings. The average molecular weight is 291 g/mol. The van der Waals surface area contributed by atoms with Crippen molar-refractivity contribution in [2.45, 2.75) is 51.5 Å². The molecular formula is C16H27N4O+. The lowest BCUT2D eigenvalue weighted by Crippen LogP contribution is -3.14. The number of piperidine rings is 1. The van der Waals surface area contributed by atoms with E-state index in [1.54, 1.807) is 6.20 Å². The Morgan fingerprint density at radius 2 is 2.19 bits per heavy atom. The Kier molecular flexibility index (Phi) is 4.58. The molecule has 2 fully saturated rings. The maximum Gasteiger partial charge on any atom is 0.280 e. The summed E-state index contributed by atoms with van der Waals surface area (Å²) in [6.07, 6.45) is 9.24. The van der Waals surface area contributed by atoms with Crippen molar-refractivity contribution in [1.29, 1.82) is 0 Å².